The number of aromatic nitrogens is 4. The summed E-state index contributed by atoms with van der Waals surface area (Å²) in [6, 6.07) is 39.2. The van der Waals surface area contributed by atoms with Gasteiger partial charge in [-0.3, -0.25) is 4.79 Å². The molecule has 4 aromatic carbocycles. The number of aryl methyl sites for hydroxylation is 2. The van der Waals surface area contributed by atoms with Gasteiger partial charge in [0.2, 0.25) is 17.7 Å². The van der Waals surface area contributed by atoms with Crippen molar-refractivity contribution in [2.75, 3.05) is 6.61 Å². The van der Waals surface area contributed by atoms with E-state index in [0.29, 0.717) is 54.7 Å². The first-order valence-electron chi connectivity index (χ1n) is 16.5. The molecule has 0 aliphatic heterocycles. The van der Waals surface area contributed by atoms with E-state index in [4.69, 9.17) is 18.6 Å². The van der Waals surface area contributed by atoms with Crippen molar-refractivity contribution in [3.8, 4) is 22.9 Å². The minimum Gasteiger partial charge on any atom is -0.493 e. The lowest BCUT2D eigenvalue weighted by molar-refractivity contribution is 0.103. The summed E-state index contributed by atoms with van der Waals surface area (Å²) in [5.74, 6) is 3.15. The van der Waals surface area contributed by atoms with Gasteiger partial charge >= 0.3 is 0 Å². The summed E-state index contributed by atoms with van der Waals surface area (Å²) >= 11 is 0. The first-order chi connectivity index (χ1) is 24.1. The van der Waals surface area contributed by atoms with E-state index in [0.717, 1.165) is 39.7 Å². The molecule has 3 aromatic heterocycles. The molecule has 8 nitrogen and oxygen atoms in total. The Kier molecular flexibility index (Phi) is 9.28. The lowest BCUT2D eigenvalue weighted by Crippen LogP contribution is -2.13. The number of para-hydroxylation sites is 1. The molecule has 0 aliphatic carbocycles. The van der Waals surface area contributed by atoms with E-state index in [2.05, 4.69) is 33.0 Å². The Balaban J connectivity index is 1.14. The van der Waals surface area contributed by atoms with Crippen molar-refractivity contribution in [2.45, 2.75) is 39.0 Å². The van der Waals surface area contributed by atoms with Crippen LogP contribution >= 0.6 is 0 Å². The predicted octanol–water partition coefficient (Wildman–Crippen LogP) is 8.61. The Labute approximate surface area is 285 Å². The number of nitrogens with zero attached hydrogens (tertiary/aromatic N) is 4. The van der Waals surface area contributed by atoms with Gasteiger partial charge in [0.15, 0.2) is 5.78 Å². The van der Waals surface area contributed by atoms with Crippen molar-refractivity contribution < 1.29 is 18.4 Å². The Morgan fingerprint density at radius 2 is 1.51 bits per heavy atom. The van der Waals surface area contributed by atoms with Crippen molar-refractivity contribution in [1.82, 2.24) is 19.7 Å². The largest absolute Gasteiger partial charge is 0.493 e. The highest BCUT2D eigenvalue weighted by molar-refractivity contribution is 6.11. The second-order valence-corrected chi connectivity index (χ2v) is 11.8. The third-order valence-corrected chi connectivity index (χ3v) is 8.57. The van der Waals surface area contributed by atoms with E-state index in [1.165, 1.54) is 0 Å². The zero-order valence-corrected chi connectivity index (χ0v) is 27.5. The van der Waals surface area contributed by atoms with E-state index < -0.39 is 0 Å². The molecule has 244 valence electrons. The van der Waals surface area contributed by atoms with Gasteiger partial charge in [0.25, 0.3) is 0 Å². The standard InChI is InChI=1S/C41H36N4O4/c1-3-38-43-44-39(49-38)27-34(37-19-12-25-45(37)36-18-11-10-17-33(36)40(46)30-13-6-4-7-14-30)29-20-22-32(23-21-29)47-26-24-35-28(2)48-41(42-35)31-15-8-5-9-16-31/h4-23,25,34H,3,24,26-27H2,1-2H3. The molecule has 1 atom stereocenters. The fourth-order valence-electron chi connectivity index (χ4n) is 6.03. The maximum atomic E-state index is 13.7. The van der Waals surface area contributed by atoms with Crippen molar-refractivity contribution >= 4 is 5.78 Å². The molecule has 1 unspecified atom stereocenters. The quantitative estimate of drug-likeness (QED) is 0.116. The zero-order chi connectivity index (χ0) is 33.6. The van der Waals surface area contributed by atoms with Crippen LogP contribution in [0, 0.1) is 6.92 Å². The first-order valence-corrected chi connectivity index (χ1v) is 16.5. The maximum Gasteiger partial charge on any atom is 0.226 e. The van der Waals surface area contributed by atoms with Gasteiger partial charge in [-0.05, 0) is 61.0 Å². The smallest absolute Gasteiger partial charge is 0.226 e. The predicted molar refractivity (Wildman–Crippen MR) is 187 cm³/mol. The molecule has 0 saturated carbocycles. The molecular formula is C41H36N4O4. The number of ether oxygens (including phenoxy) is 1. The summed E-state index contributed by atoms with van der Waals surface area (Å²) in [6.07, 6.45) is 3.77. The molecule has 8 heteroatoms. The van der Waals surface area contributed by atoms with Gasteiger partial charge in [0, 0.05) is 53.8 Å². The van der Waals surface area contributed by atoms with E-state index in [1.807, 2.05) is 123 Å². The molecule has 7 aromatic rings. The summed E-state index contributed by atoms with van der Waals surface area (Å²) in [5.41, 5.74) is 5.95. The normalized spacial score (nSPS) is 11.8. The number of carbonyl (C=O) groups is 1. The van der Waals surface area contributed by atoms with Crippen molar-refractivity contribution in [3.05, 3.63) is 173 Å². The number of ketones is 1. The summed E-state index contributed by atoms with van der Waals surface area (Å²) in [7, 11) is 0. The SMILES string of the molecule is CCc1nnc(CC(c2ccc(OCCc3nc(-c4ccccc4)oc3C)cc2)c2cccn2-c2ccccc2C(=O)c2ccccc2)o1. The molecule has 7 rings (SSSR count). The summed E-state index contributed by atoms with van der Waals surface area (Å²) < 4.78 is 20.1. The lowest BCUT2D eigenvalue weighted by Gasteiger charge is -2.21. The third kappa shape index (κ3) is 6.99. The van der Waals surface area contributed by atoms with Crippen LogP contribution in [0.1, 0.15) is 63.3 Å². The van der Waals surface area contributed by atoms with Crippen molar-refractivity contribution in [3.63, 3.8) is 0 Å². The van der Waals surface area contributed by atoms with Crippen molar-refractivity contribution in [2.24, 2.45) is 0 Å². The number of hydrogen-bond acceptors (Lipinski definition) is 7. The van der Waals surface area contributed by atoms with E-state index in [-0.39, 0.29) is 11.7 Å². The van der Waals surface area contributed by atoms with Crippen LogP contribution in [0.3, 0.4) is 0 Å². The van der Waals surface area contributed by atoms with Gasteiger partial charge in [0.05, 0.1) is 18.0 Å². The Bertz CT molecular complexity index is 2150. The van der Waals surface area contributed by atoms with Gasteiger partial charge in [0.1, 0.15) is 11.5 Å². The van der Waals surface area contributed by atoms with Crippen LogP contribution in [0.4, 0.5) is 0 Å². The molecule has 0 saturated heterocycles. The van der Waals surface area contributed by atoms with Gasteiger partial charge in [-0.1, -0.05) is 79.7 Å². The Morgan fingerprint density at radius 3 is 2.27 bits per heavy atom. The number of carbonyl (C=O) groups excluding carboxylic acids is 1. The fourth-order valence-corrected chi connectivity index (χ4v) is 6.03. The third-order valence-electron chi connectivity index (χ3n) is 8.57. The minimum absolute atomic E-state index is 0.0319. The van der Waals surface area contributed by atoms with Crippen LogP contribution < -0.4 is 4.74 Å². The number of hydrogen-bond donors (Lipinski definition) is 0. The highest BCUT2D eigenvalue weighted by atomic mass is 16.5. The van der Waals surface area contributed by atoms with Crippen LogP contribution in [0.15, 0.2) is 136 Å². The monoisotopic (exact) mass is 648 g/mol. The summed E-state index contributed by atoms with van der Waals surface area (Å²) in [4.78, 5) is 18.4. The van der Waals surface area contributed by atoms with Gasteiger partial charge in [-0.25, -0.2) is 4.98 Å². The Hall–Kier alpha value is -6.02. The molecule has 0 spiro atoms. The Morgan fingerprint density at radius 1 is 0.796 bits per heavy atom. The van der Waals surface area contributed by atoms with Crippen LogP contribution in [0.5, 0.6) is 5.75 Å². The molecule has 0 bridgehead atoms. The topological polar surface area (TPSA) is 96.2 Å². The van der Waals surface area contributed by atoms with Gasteiger partial charge < -0.3 is 18.1 Å². The van der Waals surface area contributed by atoms with Crippen molar-refractivity contribution in [1.29, 1.82) is 0 Å². The van der Waals surface area contributed by atoms with E-state index in [9.17, 15) is 4.79 Å². The second kappa shape index (κ2) is 14.4. The number of benzene rings is 4. The second-order valence-electron chi connectivity index (χ2n) is 11.8. The first kappa shape index (κ1) is 31.6. The summed E-state index contributed by atoms with van der Waals surface area (Å²) in [6.45, 7) is 4.38. The van der Waals surface area contributed by atoms with Gasteiger partial charge in [-0.15, -0.1) is 10.2 Å². The minimum atomic E-state index is -0.150. The summed E-state index contributed by atoms with van der Waals surface area (Å²) in [5, 5.41) is 8.56. The molecule has 0 amide bonds. The maximum absolute atomic E-state index is 13.7. The van der Waals surface area contributed by atoms with E-state index >= 15 is 0 Å². The molecular weight excluding hydrogens is 612 g/mol. The number of oxazole rings is 1. The van der Waals surface area contributed by atoms with Crippen LogP contribution in [0.25, 0.3) is 17.1 Å². The van der Waals surface area contributed by atoms with Crippen LogP contribution in [-0.2, 0) is 19.3 Å². The average Bonchev–Trinajstić information content (AvgIpc) is 3.92. The molecule has 0 N–H and O–H groups in total. The molecule has 0 aliphatic rings. The molecule has 0 fully saturated rings. The van der Waals surface area contributed by atoms with Crippen LogP contribution in [-0.4, -0.2) is 32.1 Å². The fraction of sp³-hybridized carbons (Fsp3) is 0.171. The number of rotatable bonds is 13. The van der Waals surface area contributed by atoms with Gasteiger partial charge in [-0.2, -0.15) is 0 Å². The average molecular weight is 649 g/mol. The zero-order valence-electron chi connectivity index (χ0n) is 27.5. The molecule has 0 radical (unpaired) electrons. The molecule has 49 heavy (non-hydrogen) atoms. The lowest BCUT2D eigenvalue weighted by atomic mass is 9.91. The highest BCUT2D eigenvalue weighted by Crippen LogP contribution is 2.33. The van der Waals surface area contributed by atoms with Crippen LogP contribution in [0.2, 0.25) is 0 Å². The van der Waals surface area contributed by atoms with E-state index in [1.54, 1.807) is 0 Å². The highest BCUT2D eigenvalue weighted by Gasteiger charge is 2.24. The molecule has 3 heterocycles.